The SMILES string of the molecule is CC(C(=O)N(C)C)N1C(=O)NC(=O)C(C2CCCC2)C1=O. The van der Waals surface area contributed by atoms with Crippen molar-refractivity contribution in [2.45, 2.75) is 38.6 Å². The predicted molar refractivity (Wildman–Crippen MR) is 74.0 cm³/mol. The van der Waals surface area contributed by atoms with Crippen molar-refractivity contribution in [3.05, 3.63) is 0 Å². The molecule has 0 spiro atoms. The van der Waals surface area contributed by atoms with Gasteiger partial charge in [-0.1, -0.05) is 12.8 Å². The predicted octanol–water partition coefficient (Wildman–Crippen LogP) is 0.348. The Labute approximate surface area is 123 Å². The van der Waals surface area contributed by atoms with Crippen molar-refractivity contribution in [2.75, 3.05) is 14.1 Å². The second-order valence-corrected chi connectivity index (χ2v) is 5.93. The molecule has 0 aromatic rings. The van der Waals surface area contributed by atoms with E-state index in [1.165, 1.54) is 11.8 Å². The van der Waals surface area contributed by atoms with Crippen LogP contribution in [0, 0.1) is 11.8 Å². The number of hydrogen-bond acceptors (Lipinski definition) is 4. The zero-order chi connectivity index (χ0) is 15.7. The zero-order valence-electron chi connectivity index (χ0n) is 12.6. The Morgan fingerprint density at radius 1 is 1.24 bits per heavy atom. The number of carbonyl (C=O) groups is 4. The van der Waals surface area contributed by atoms with Gasteiger partial charge in [-0.2, -0.15) is 0 Å². The van der Waals surface area contributed by atoms with Crippen LogP contribution in [0.3, 0.4) is 0 Å². The van der Waals surface area contributed by atoms with Gasteiger partial charge in [0.2, 0.25) is 17.7 Å². The Morgan fingerprint density at radius 3 is 2.33 bits per heavy atom. The first kappa shape index (κ1) is 15.5. The highest BCUT2D eigenvalue weighted by atomic mass is 16.2. The standard InChI is InChI=1S/C14H21N3O4/c1-8(12(19)16(2)3)17-13(20)10(9-6-4-5-7-9)11(18)15-14(17)21/h8-10H,4-7H2,1-3H3,(H,15,18,21). The quantitative estimate of drug-likeness (QED) is 0.761. The van der Waals surface area contributed by atoms with Crippen LogP contribution >= 0.6 is 0 Å². The van der Waals surface area contributed by atoms with Gasteiger partial charge in [-0.15, -0.1) is 0 Å². The normalized spacial score (nSPS) is 25.0. The van der Waals surface area contributed by atoms with Gasteiger partial charge in [-0.3, -0.25) is 24.6 Å². The molecule has 5 amide bonds. The minimum absolute atomic E-state index is 0.0326. The van der Waals surface area contributed by atoms with Crippen molar-refractivity contribution in [1.29, 1.82) is 0 Å². The molecular formula is C14H21N3O4. The largest absolute Gasteiger partial charge is 0.347 e. The molecule has 2 atom stereocenters. The monoisotopic (exact) mass is 295 g/mol. The molecule has 116 valence electrons. The molecule has 21 heavy (non-hydrogen) atoms. The van der Waals surface area contributed by atoms with E-state index >= 15 is 0 Å². The minimum atomic E-state index is -0.912. The number of nitrogens with zero attached hydrogens (tertiary/aromatic N) is 2. The number of nitrogens with one attached hydrogen (secondary N) is 1. The fraction of sp³-hybridized carbons (Fsp3) is 0.714. The molecule has 7 heteroatoms. The van der Waals surface area contributed by atoms with Gasteiger partial charge >= 0.3 is 6.03 Å². The van der Waals surface area contributed by atoms with E-state index in [1.807, 2.05) is 0 Å². The van der Waals surface area contributed by atoms with Gasteiger partial charge in [-0.25, -0.2) is 4.79 Å². The third kappa shape index (κ3) is 2.77. The van der Waals surface area contributed by atoms with Crippen molar-refractivity contribution in [1.82, 2.24) is 15.1 Å². The molecule has 7 nitrogen and oxygen atoms in total. The lowest BCUT2D eigenvalue weighted by Gasteiger charge is -2.36. The van der Waals surface area contributed by atoms with Gasteiger partial charge in [0.05, 0.1) is 0 Å². The maximum absolute atomic E-state index is 12.6. The van der Waals surface area contributed by atoms with Crippen molar-refractivity contribution >= 4 is 23.8 Å². The molecular weight excluding hydrogens is 274 g/mol. The van der Waals surface area contributed by atoms with Gasteiger partial charge in [0.25, 0.3) is 0 Å². The summed E-state index contributed by atoms with van der Waals surface area (Å²) in [6.07, 6.45) is 3.59. The van der Waals surface area contributed by atoms with E-state index < -0.39 is 29.8 Å². The number of barbiturate groups is 1. The van der Waals surface area contributed by atoms with Crippen LogP contribution in [-0.2, 0) is 14.4 Å². The van der Waals surface area contributed by atoms with E-state index in [2.05, 4.69) is 5.32 Å². The summed E-state index contributed by atoms with van der Waals surface area (Å²) in [7, 11) is 3.12. The highest BCUT2D eigenvalue weighted by Gasteiger charge is 2.48. The van der Waals surface area contributed by atoms with Crippen molar-refractivity contribution in [2.24, 2.45) is 11.8 Å². The second-order valence-electron chi connectivity index (χ2n) is 5.93. The van der Waals surface area contributed by atoms with Gasteiger partial charge < -0.3 is 4.90 Å². The lowest BCUT2D eigenvalue weighted by molar-refractivity contribution is -0.150. The smallest absolute Gasteiger partial charge is 0.331 e. The molecule has 1 saturated heterocycles. The van der Waals surface area contributed by atoms with Crippen LogP contribution in [0.1, 0.15) is 32.6 Å². The van der Waals surface area contributed by atoms with Crippen LogP contribution in [-0.4, -0.2) is 53.7 Å². The summed E-state index contributed by atoms with van der Waals surface area (Å²) in [4.78, 5) is 50.8. The number of likely N-dealkylation sites (N-methyl/N-ethyl adjacent to an activating group) is 1. The van der Waals surface area contributed by atoms with E-state index in [-0.39, 0.29) is 11.8 Å². The lowest BCUT2D eigenvalue weighted by Crippen LogP contribution is -2.63. The second kappa shape index (κ2) is 5.83. The van der Waals surface area contributed by atoms with E-state index in [4.69, 9.17) is 0 Å². The average molecular weight is 295 g/mol. The summed E-state index contributed by atoms with van der Waals surface area (Å²) in [6.45, 7) is 1.50. The molecule has 0 aromatic heterocycles. The Kier molecular flexibility index (Phi) is 4.29. The summed E-state index contributed by atoms with van der Waals surface area (Å²) in [5.41, 5.74) is 0. The first-order valence-corrected chi connectivity index (χ1v) is 7.23. The van der Waals surface area contributed by atoms with Crippen molar-refractivity contribution < 1.29 is 19.2 Å². The summed E-state index contributed by atoms with van der Waals surface area (Å²) in [6, 6.07) is -1.72. The molecule has 1 N–H and O–H groups in total. The number of amides is 5. The fourth-order valence-corrected chi connectivity index (χ4v) is 3.16. The Morgan fingerprint density at radius 2 is 1.81 bits per heavy atom. The fourth-order valence-electron chi connectivity index (χ4n) is 3.16. The highest BCUT2D eigenvalue weighted by molar-refractivity contribution is 6.17. The lowest BCUT2D eigenvalue weighted by atomic mass is 9.87. The summed E-state index contributed by atoms with van der Waals surface area (Å²) < 4.78 is 0. The molecule has 2 aliphatic rings. The van der Waals surface area contributed by atoms with Gasteiger partial charge in [0, 0.05) is 14.1 Å². The van der Waals surface area contributed by atoms with Crippen LogP contribution in [0.4, 0.5) is 4.79 Å². The number of carbonyl (C=O) groups excluding carboxylic acids is 4. The van der Waals surface area contributed by atoms with Gasteiger partial charge in [0.1, 0.15) is 12.0 Å². The third-order valence-electron chi connectivity index (χ3n) is 4.29. The van der Waals surface area contributed by atoms with E-state index in [9.17, 15) is 19.2 Å². The molecule has 2 rings (SSSR count). The highest BCUT2D eigenvalue weighted by Crippen LogP contribution is 2.34. The molecule has 1 aliphatic carbocycles. The molecule has 0 aromatic carbocycles. The first-order chi connectivity index (χ1) is 9.84. The molecule has 2 unspecified atom stereocenters. The maximum Gasteiger partial charge on any atom is 0.331 e. The molecule has 0 radical (unpaired) electrons. The number of imide groups is 2. The molecule has 0 bridgehead atoms. The number of rotatable bonds is 3. The summed E-state index contributed by atoms with van der Waals surface area (Å²) >= 11 is 0. The maximum atomic E-state index is 12.6. The van der Waals surface area contributed by atoms with Gasteiger partial charge in [-0.05, 0) is 25.7 Å². The number of hydrogen-bond donors (Lipinski definition) is 1. The molecule has 2 fully saturated rings. The summed E-state index contributed by atoms with van der Waals surface area (Å²) in [5.74, 6) is -2.30. The number of urea groups is 1. The molecule has 1 aliphatic heterocycles. The van der Waals surface area contributed by atoms with Crippen LogP contribution in [0.25, 0.3) is 0 Å². The first-order valence-electron chi connectivity index (χ1n) is 7.23. The van der Waals surface area contributed by atoms with Crippen LogP contribution in [0.2, 0.25) is 0 Å². The van der Waals surface area contributed by atoms with Crippen molar-refractivity contribution in [3.63, 3.8) is 0 Å². The Balaban J connectivity index is 2.24. The zero-order valence-corrected chi connectivity index (χ0v) is 12.6. The molecule has 1 saturated carbocycles. The minimum Gasteiger partial charge on any atom is -0.347 e. The van der Waals surface area contributed by atoms with Gasteiger partial charge in [0.15, 0.2) is 0 Å². The topological polar surface area (TPSA) is 86.8 Å². The van der Waals surface area contributed by atoms with Crippen LogP contribution < -0.4 is 5.32 Å². The molecule has 1 heterocycles. The Hall–Kier alpha value is -1.92. The van der Waals surface area contributed by atoms with Crippen molar-refractivity contribution in [3.8, 4) is 0 Å². The average Bonchev–Trinajstić information content (AvgIpc) is 2.90. The summed E-state index contributed by atoms with van der Waals surface area (Å²) in [5, 5.41) is 2.22. The third-order valence-corrected chi connectivity index (χ3v) is 4.29. The van der Waals surface area contributed by atoms with E-state index in [0.29, 0.717) is 0 Å². The van der Waals surface area contributed by atoms with Crippen LogP contribution in [0.15, 0.2) is 0 Å². The van der Waals surface area contributed by atoms with E-state index in [1.54, 1.807) is 14.1 Å². The van der Waals surface area contributed by atoms with E-state index in [0.717, 1.165) is 30.6 Å². The van der Waals surface area contributed by atoms with Crippen LogP contribution in [0.5, 0.6) is 0 Å². The Bertz CT molecular complexity index is 483.